The van der Waals surface area contributed by atoms with Gasteiger partial charge in [-0.05, 0) is 13.1 Å². The summed E-state index contributed by atoms with van der Waals surface area (Å²) in [6, 6.07) is 0. The topological polar surface area (TPSA) is 24.7 Å². The summed E-state index contributed by atoms with van der Waals surface area (Å²) in [6.45, 7) is 5.53. The van der Waals surface area contributed by atoms with E-state index in [0.717, 1.165) is 18.7 Å². The summed E-state index contributed by atoms with van der Waals surface area (Å²) in [7, 11) is 0. The molecule has 0 unspecified atom stereocenters. The third-order valence-corrected chi connectivity index (χ3v) is 1.30. The molecule has 0 spiro atoms. The van der Waals surface area contributed by atoms with E-state index in [1.165, 1.54) is 5.57 Å². The van der Waals surface area contributed by atoms with E-state index in [1.54, 1.807) is 0 Å². The number of aliphatic imine (C=N–C) groups is 2. The Bertz CT molecular complexity index is 173. The quantitative estimate of drug-likeness (QED) is 0.510. The maximum absolute atomic E-state index is 3.91. The minimum absolute atomic E-state index is 0.830. The van der Waals surface area contributed by atoms with Crippen molar-refractivity contribution in [1.82, 2.24) is 0 Å². The minimum Gasteiger partial charge on any atom is -0.245 e. The molecule has 0 amide bonds. The van der Waals surface area contributed by atoms with Gasteiger partial charge in [0, 0.05) is 11.8 Å². The van der Waals surface area contributed by atoms with Crippen LogP contribution in [0.5, 0.6) is 0 Å². The highest BCUT2D eigenvalue weighted by Crippen LogP contribution is 2.18. The molecule has 1 aliphatic heterocycles. The Labute approximate surface area is 55.0 Å². The van der Waals surface area contributed by atoms with Crippen LogP contribution in [0.25, 0.3) is 0 Å². The smallest absolute Gasteiger partial charge is 0.155 e. The standard InChI is InChI=1S/C7H10N2/c1-3-4-6-5-9-7(6)8-2/h5H,2-4H2,1H3. The van der Waals surface area contributed by atoms with Gasteiger partial charge in [0.15, 0.2) is 5.82 Å². The lowest BCUT2D eigenvalue weighted by molar-refractivity contribution is 0.906. The van der Waals surface area contributed by atoms with E-state index in [1.807, 2.05) is 6.21 Å². The molecule has 0 aliphatic carbocycles. The van der Waals surface area contributed by atoms with Gasteiger partial charge in [0.1, 0.15) is 0 Å². The molecule has 0 fully saturated rings. The third kappa shape index (κ3) is 1.07. The number of hydrogen-bond acceptors (Lipinski definition) is 2. The molecule has 0 atom stereocenters. The van der Waals surface area contributed by atoms with Crippen molar-refractivity contribution < 1.29 is 0 Å². The zero-order valence-electron chi connectivity index (χ0n) is 5.59. The van der Waals surface area contributed by atoms with Crippen LogP contribution in [0.15, 0.2) is 21.4 Å². The van der Waals surface area contributed by atoms with Crippen LogP contribution in [-0.2, 0) is 0 Å². The van der Waals surface area contributed by atoms with Crippen molar-refractivity contribution in [2.75, 3.05) is 0 Å². The number of rotatable bonds is 3. The van der Waals surface area contributed by atoms with Crippen LogP contribution in [0.4, 0.5) is 0 Å². The van der Waals surface area contributed by atoms with Gasteiger partial charge in [-0.15, -0.1) is 0 Å². The van der Waals surface area contributed by atoms with Gasteiger partial charge in [-0.2, -0.15) is 0 Å². The van der Waals surface area contributed by atoms with Gasteiger partial charge in [0.05, 0.1) is 0 Å². The molecular weight excluding hydrogens is 112 g/mol. The van der Waals surface area contributed by atoms with Crippen molar-refractivity contribution in [2.24, 2.45) is 9.98 Å². The summed E-state index contributed by atoms with van der Waals surface area (Å²) in [5.74, 6) is 0.830. The van der Waals surface area contributed by atoms with Gasteiger partial charge >= 0.3 is 0 Å². The number of nitrogens with zero attached hydrogens (tertiary/aromatic N) is 2. The molecule has 0 aromatic rings. The average molecular weight is 122 g/mol. The normalized spacial score (nSPS) is 15.7. The second-order valence-electron chi connectivity index (χ2n) is 2.02. The van der Waals surface area contributed by atoms with Gasteiger partial charge in [-0.3, -0.25) is 0 Å². The lowest BCUT2D eigenvalue weighted by atomic mass is 10.1. The summed E-state index contributed by atoms with van der Waals surface area (Å²) < 4.78 is 0. The molecule has 1 heterocycles. The molecule has 2 heteroatoms. The summed E-state index contributed by atoms with van der Waals surface area (Å²) in [4.78, 5) is 7.64. The Balaban J connectivity index is 2.49. The summed E-state index contributed by atoms with van der Waals surface area (Å²) in [5.41, 5.74) is 1.24. The Morgan fingerprint density at radius 2 is 2.56 bits per heavy atom. The number of allylic oxidation sites excluding steroid dienone is 1. The Hall–Kier alpha value is -0.920. The molecule has 0 aromatic carbocycles. The highest BCUT2D eigenvalue weighted by atomic mass is 15.0. The van der Waals surface area contributed by atoms with E-state index in [2.05, 4.69) is 23.6 Å². The lowest BCUT2D eigenvalue weighted by Gasteiger charge is -2.08. The fourth-order valence-corrected chi connectivity index (χ4v) is 0.802. The van der Waals surface area contributed by atoms with E-state index in [9.17, 15) is 0 Å². The fraction of sp³-hybridized carbons (Fsp3) is 0.429. The maximum Gasteiger partial charge on any atom is 0.155 e. The van der Waals surface area contributed by atoms with E-state index in [4.69, 9.17) is 0 Å². The average Bonchev–Trinajstić information content (AvgIpc) is 1.82. The highest BCUT2D eigenvalue weighted by molar-refractivity contribution is 5.86. The van der Waals surface area contributed by atoms with Crippen LogP contribution < -0.4 is 0 Å². The monoisotopic (exact) mass is 122 g/mol. The van der Waals surface area contributed by atoms with Crippen molar-refractivity contribution in [3.63, 3.8) is 0 Å². The molecule has 0 saturated carbocycles. The minimum atomic E-state index is 0.830. The first-order valence-electron chi connectivity index (χ1n) is 3.12. The largest absolute Gasteiger partial charge is 0.245 e. The van der Waals surface area contributed by atoms with E-state index < -0.39 is 0 Å². The lowest BCUT2D eigenvalue weighted by Crippen LogP contribution is -1.98. The fourth-order valence-electron chi connectivity index (χ4n) is 0.802. The third-order valence-electron chi connectivity index (χ3n) is 1.30. The van der Waals surface area contributed by atoms with E-state index in [-0.39, 0.29) is 0 Å². The summed E-state index contributed by atoms with van der Waals surface area (Å²) >= 11 is 0. The summed E-state index contributed by atoms with van der Waals surface area (Å²) in [5, 5.41) is 0. The van der Waals surface area contributed by atoms with Gasteiger partial charge in [-0.25, -0.2) is 9.98 Å². The Kier molecular flexibility index (Phi) is 1.78. The number of hydrogen-bond donors (Lipinski definition) is 0. The molecule has 0 aromatic heterocycles. The molecule has 0 bridgehead atoms. The van der Waals surface area contributed by atoms with Crippen LogP contribution >= 0.6 is 0 Å². The van der Waals surface area contributed by atoms with Gasteiger partial charge in [0.2, 0.25) is 0 Å². The molecule has 1 rings (SSSR count). The first-order chi connectivity index (χ1) is 4.38. The molecule has 1 aliphatic rings. The van der Waals surface area contributed by atoms with Crippen molar-refractivity contribution in [2.45, 2.75) is 19.8 Å². The Morgan fingerprint density at radius 3 is 2.89 bits per heavy atom. The van der Waals surface area contributed by atoms with Crippen molar-refractivity contribution in [1.29, 1.82) is 0 Å². The van der Waals surface area contributed by atoms with Crippen LogP contribution in [-0.4, -0.2) is 12.9 Å². The van der Waals surface area contributed by atoms with E-state index >= 15 is 0 Å². The molecule has 0 radical (unpaired) electrons. The van der Waals surface area contributed by atoms with Crippen LogP contribution in [0.2, 0.25) is 0 Å². The van der Waals surface area contributed by atoms with E-state index in [0.29, 0.717) is 0 Å². The molecule has 0 saturated heterocycles. The van der Waals surface area contributed by atoms with Gasteiger partial charge < -0.3 is 0 Å². The van der Waals surface area contributed by atoms with Crippen molar-refractivity contribution in [3.8, 4) is 0 Å². The van der Waals surface area contributed by atoms with Gasteiger partial charge in [0.25, 0.3) is 0 Å². The molecule has 0 N–H and O–H groups in total. The van der Waals surface area contributed by atoms with Crippen LogP contribution in [0, 0.1) is 0 Å². The zero-order valence-corrected chi connectivity index (χ0v) is 5.59. The SMILES string of the molecule is C=NC1=C(CCC)C=N1. The first kappa shape index (κ1) is 6.20. The van der Waals surface area contributed by atoms with Crippen molar-refractivity contribution >= 4 is 12.9 Å². The Morgan fingerprint density at radius 1 is 1.78 bits per heavy atom. The van der Waals surface area contributed by atoms with Crippen LogP contribution in [0.1, 0.15) is 19.8 Å². The molecule has 2 nitrogen and oxygen atoms in total. The second kappa shape index (κ2) is 2.58. The van der Waals surface area contributed by atoms with Crippen LogP contribution in [0.3, 0.4) is 0 Å². The second-order valence-corrected chi connectivity index (χ2v) is 2.02. The first-order valence-corrected chi connectivity index (χ1v) is 3.12. The highest BCUT2D eigenvalue weighted by Gasteiger charge is 2.07. The maximum atomic E-state index is 3.91. The zero-order chi connectivity index (χ0) is 6.69. The predicted molar refractivity (Wildman–Crippen MR) is 40.0 cm³/mol. The molecule has 9 heavy (non-hydrogen) atoms. The van der Waals surface area contributed by atoms with Crippen molar-refractivity contribution in [3.05, 3.63) is 11.4 Å². The van der Waals surface area contributed by atoms with Gasteiger partial charge in [-0.1, -0.05) is 13.3 Å². The molecule has 48 valence electrons. The summed E-state index contributed by atoms with van der Waals surface area (Å²) in [6.07, 6.45) is 4.09. The predicted octanol–water partition coefficient (Wildman–Crippen LogP) is 1.78. The molecular formula is C7H10N2.